The maximum absolute atomic E-state index is 12.8. The van der Waals surface area contributed by atoms with E-state index >= 15 is 0 Å². The van der Waals surface area contributed by atoms with Crippen molar-refractivity contribution in [1.29, 1.82) is 0 Å². The number of thiophene rings is 1. The molecule has 3 rings (SSSR count). The van der Waals surface area contributed by atoms with E-state index in [0.717, 1.165) is 31.2 Å². The Morgan fingerprint density at radius 2 is 1.81 bits per heavy atom. The number of anilines is 1. The maximum Gasteiger partial charge on any atom is 0.331 e. The average Bonchev–Trinajstić information content (AvgIpc) is 3.35. The maximum atomic E-state index is 12.8. The van der Waals surface area contributed by atoms with Crippen LogP contribution in [0.5, 0.6) is 0 Å². The summed E-state index contributed by atoms with van der Waals surface area (Å²) in [7, 11) is 1.54. The number of urea groups is 1. The zero-order valence-electron chi connectivity index (χ0n) is 19.4. The number of likely N-dealkylation sites (N-methyl/N-ethyl adjacent to an activating group) is 1. The second-order valence-electron chi connectivity index (χ2n) is 8.68. The molecule has 1 aromatic carbocycles. The van der Waals surface area contributed by atoms with Gasteiger partial charge in [0.05, 0.1) is 0 Å². The van der Waals surface area contributed by atoms with Gasteiger partial charge in [0.1, 0.15) is 11.8 Å². The van der Waals surface area contributed by atoms with Crippen LogP contribution in [0.1, 0.15) is 63.3 Å². The van der Waals surface area contributed by atoms with E-state index in [1.807, 2.05) is 50.2 Å². The van der Waals surface area contributed by atoms with Gasteiger partial charge in [-0.15, -0.1) is 10.3 Å². The number of nitrogens with zero attached hydrogens (tertiary/aromatic N) is 2. The second-order valence-corrected chi connectivity index (χ2v) is 9.64. The van der Waals surface area contributed by atoms with Crippen LogP contribution < -0.4 is 4.90 Å². The summed E-state index contributed by atoms with van der Waals surface area (Å²) in [5, 5.41) is 3.08. The van der Waals surface area contributed by atoms with Gasteiger partial charge in [-0.2, -0.15) is 6.07 Å². The predicted octanol–water partition coefficient (Wildman–Crippen LogP) is 5.37. The first-order chi connectivity index (χ1) is 14.8. The van der Waals surface area contributed by atoms with E-state index in [1.165, 1.54) is 16.8 Å². The van der Waals surface area contributed by atoms with Gasteiger partial charge in [-0.3, -0.25) is 19.4 Å². The molecule has 1 aromatic heterocycles. The fourth-order valence-corrected chi connectivity index (χ4v) is 4.66. The van der Waals surface area contributed by atoms with Gasteiger partial charge in [0.25, 0.3) is 5.91 Å². The summed E-state index contributed by atoms with van der Waals surface area (Å²) in [6.45, 7) is 5.97. The number of unbranched alkanes of at least 4 members (excludes halogenated alkanes) is 1. The Morgan fingerprint density at radius 3 is 2.41 bits per heavy atom. The minimum Gasteiger partial charge on any atom is -0.300 e. The molecule has 0 aliphatic carbocycles. The molecule has 169 valence electrons. The molecule has 3 amide bonds. The second kappa shape index (κ2) is 11.7. The van der Waals surface area contributed by atoms with E-state index in [4.69, 9.17) is 0 Å². The minimum absolute atomic E-state index is 0. The van der Waals surface area contributed by atoms with E-state index in [9.17, 15) is 14.4 Å². The van der Waals surface area contributed by atoms with Gasteiger partial charge < -0.3 is 11.3 Å². The van der Waals surface area contributed by atoms with Crippen LogP contribution in [0.4, 0.5) is 10.5 Å². The van der Waals surface area contributed by atoms with E-state index in [0.29, 0.717) is 18.5 Å². The molecular formula is C25H31N2O3SY-. The van der Waals surface area contributed by atoms with Crippen molar-refractivity contribution in [2.75, 3.05) is 11.9 Å². The Hall–Kier alpha value is -1.37. The van der Waals surface area contributed by atoms with Crippen molar-refractivity contribution in [2.45, 2.75) is 70.8 Å². The topological polar surface area (TPSA) is 57.7 Å². The molecule has 0 N–H and O–H groups in total. The SMILES string of the molecule is CCCCC(=O)C(C)(C)c1ccc(N2C(=O)N(C)C(=O)C2CCCc2cc[c-]s2)cc1.[Y]. The Labute approximate surface area is 220 Å². The van der Waals surface area contributed by atoms with E-state index in [-0.39, 0.29) is 50.4 Å². The molecule has 5 nitrogen and oxygen atoms in total. The van der Waals surface area contributed by atoms with Crippen molar-refractivity contribution in [3.05, 3.63) is 52.2 Å². The summed E-state index contributed by atoms with van der Waals surface area (Å²) in [5.74, 6) is 0.0554. The number of hydrogen-bond acceptors (Lipinski definition) is 4. The summed E-state index contributed by atoms with van der Waals surface area (Å²) < 4.78 is 0. The third kappa shape index (κ3) is 5.76. The third-order valence-electron chi connectivity index (χ3n) is 6.17. The van der Waals surface area contributed by atoms with E-state index < -0.39 is 11.5 Å². The van der Waals surface area contributed by atoms with E-state index in [1.54, 1.807) is 16.2 Å². The smallest absolute Gasteiger partial charge is 0.300 e. The van der Waals surface area contributed by atoms with Gasteiger partial charge in [-0.25, -0.2) is 10.9 Å². The van der Waals surface area contributed by atoms with Crippen molar-refractivity contribution < 1.29 is 47.1 Å². The summed E-state index contributed by atoms with van der Waals surface area (Å²) >= 11 is 1.59. The molecule has 0 spiro atoms. The summed E-state index contributed by atoms with van der Waals surface area (Å²) in [6, 6.07) is 10.7. The zero-order chi connectivity index (χ0) is 22.6. The molecule has 1 aliphatic heterocycles. The molecule has 7 heteroatoms. The van der Waals surface area contributed by atoms with Crippen LogP contribution in [0, 0.1) is 5.38 Å². The average molecular weight is 529 g/mol. The van der Waals surface area contributed by atoms with Crippen molar-refractivity contribution in [3.63, 3.8) is 0 Å². The first kappa shape index (κ1) is 26.9. The monoisotopic (exact) mass is 528 g/mol. The number of ketones is 1. The van der Waals surface area contributed by atoms with Gasteiger partial charge in [0.2, 0.25) is 0 Å². The van der Waals surface area contributed by atoms with Crippen LogP contribution in [-0.2, 0) is 54.1 Å². The fourth-order valence-electron chi connectivity index (χ4n) is 3.99. The minimum atomic E-state index is -0.577. The normalized spacial score (nSPS) is 16.4. The van der Waals surface area contributed by atoms with Gasteiger partial charge in [0.15, 0.2) is 0 Å². The number of hydrogen-bond donors (Lipinski definition) is 0. The summed E-state index contributed by atoms with van der Waals surface area (Å²) in [5.41, 5.74) is 1.04. The molecule has 0 bridgehead atoms. The number of rotatable bonds is 10. The Bertz CT molecular complexity index is 925. The van der Waals surface area contributed by atoms with Gasteiger partial charge in [-0.05, 0) is 44.4 Å². The molecule has 1 aliphatic rings. The summed E-state index contributed by atoms with van der Waals surface area (Å²) in [6.07, 6.45) is 4.75. The van der Waals surface area contributed by atoms with Crippen LogP contribution in [0.3, 0.4) is 0 Å². The zero-order valence-corrected chi connectivity index (χ0v) is 23.0. The number of aryl methyl sites for hydroxylation is 1. The Balaban J connectivity index is 0.00000363. The largest absolute Gasteiger partial charge is 0.331 e. The molecular weight excluding hydrogens is 497 g/mol. The van der Waals surface area contributed by atoms with Gasteiger partial charge >= 0.3 is 6.03 Å². The van der Waals surface area contributed by atoms with Crippen LogP contribution >= 0.6 is 11.3 Å². The third-order valence-corrected chi connectivity index (χ3v) is 7.03. The van der Waals surface area contributed by atoms with Crippen molar-refractivity contribution in [3.8, 4) is 0 Å². The van der Waals surface area contributed by atoms with Crippen molar-refractivity contribution in [1.82, 2.24) is 4.90 Å². The molecule has 1 saturated heterocycles. The molecule has 1 radical (unpaired) electrons. The molecule has 1 atom stereocenters. The Kier molecular flexibility index (Phi) is 9.80. The van der Waals surface area contributed by atoms with E-state index in [2.05, 4.69) is 12.3 Å². The number of amides is 3. The Morgan fingerprint density at radius 1 is 1.12 bits per heavy atom. The predicted molar refractivity (Wildman–Crippen MR) is 125 cm³/mol. The molecule has 0 saturated carbocycles. The van der Waals surface area contributed by atoms with Crippen LogP contribution in [0.25, 0.3) is 0 Å². The van der Waals surface area contributed by atoms with Crippen LogP contribution in [0.2, 0.25) is 0 Å². The van der Waals surface area contributed by atoms with Crippen LogP contribution in [0.15, 0.2) is 36.4 Å². The van der Waals surface area contributed by atoms with Crippen LogP contribution in [-0.4, -0.2) is 35.7 Å². The number of Topliss-reactive ketones (excluding diaryl/α,β-unsaturated/α-hetero) is 1. The number of benzene rings is 1. The van der Waals surface area contributed by atoms with Gasteiger partial charge in [0, 0.05) is 57.3 Å². The van der Waals surface area contributed by atoms with Crippen molar-refractivity contribution >= 4 is 34.7 Å². The molecule has 32 heavy (non-hydrogen) atoms. The molecule has 2 heterocycles. The molecule has 2 aromatic rings. The first-order valence-corrected chi connectivity index (χ1v) is 11.8. The quantitative estimate of drug-likeness (QED) is 0.308. The number of carbonyl (C=O) groups is 3. The molecule has 1 unspecified atom stereocenters. The fraction of sp³-hybridized carbons (Fsp3) is 0.480. The number of imide groups is 1. The molecule has 1 fully saturated rings. The van der Waals surface area contributed by atoms with Crippen molar-refractivity contribution in [2.24, 2.45) is 0 Å². The summed E-state index contributed by atoms with van der Waals surface area (Å²) in [4.78, 5) is 42.2. The first-order valence-electron chi connectivity index (χ1n) is 11.0. The van der Waals surface area contributed by atoms with Gasteiger partial charge in [-0.1, -0.05) is 38.3 Å². The standard InChI is InChI=1S/C25H31N2O3S.Y/c1-5-6-12-22(28)25(2,3)18-13-15-19(16-14-18)27-21(23(29)26(4)24(27)30)11-7-9-20-10-8-17-31-20;/h8,10,13-16,21H,5-7,9,11-12H2,1-4H3;/q-1;. The number of carbonyl (C=O) groups excluding carboxylic acids is 3.